The Morgan fingerprint density at radius 1 is 1.38 bits per heavy atom. The summed E-state index contributed by atoms with van der Waals surface area (Å²) in [5, 5.41) is 8.84. The average Bonchev–Trinajstić information content (AvgIpc) is 2.81. The number of aromatic nitrogens is 2. The van der Waals surface area contributed by atoms with Gasteiger partial charge in [0.15, 0.2) is 0 Å². The van der Waals surface area contributed by atoms with Gasteiger partial charge in [-0.05, 0) is 37.9 Å². The molecule has 1 aliphatic rings. The maximum absolute atomic E-state index is 6.45. The molecule has 1 aliphatic carbocycles. The lowest BCUT2D eigenvalue weighted by atomic mass is 9.72. The third kappa shape index (κ3) is 2.49. The lowest BCUT2D eigenvalue weighted by Gasteiger charge is -2.37. The van der Waals surface area contributed by atoms with Crippen LogP contribution in [0, 0.1) is 0 Å². The zero-order valence-electron chi connectivity index (χ0n) is 12.8. The molecular weight excluding hydrogens is 282 g/mol. The molecule has 3 rings (SSSR count). The highest BCUT2D eigenvalue weighted by Gasteiger charge is 2.36. The van der Waals surface area contributed by atoms with Crippen LogP contribution in [0.15, 0.2) is 30.5 Å². The van der Waals surface area contributed by atoms with Gasteiger partial charge < -0.3 is 5.32 Å². The molecule has 2 aromatic rings. The van der Waals surface area contributed by atoms with Crippen molar-refractivity contribution in [3.8, 4) is 0 Å². The molecule has 112 valence electrons. The van der Waals surface area contributed by atoms with Crippen molar-refractivity contribution in [1.29, 1.82) is 0 Å². The minimum absolute atomic E-state index is 0.224. The van der Waals surface area contributed by atoms with Gasteiger partial charge in [-0.3, -0.25) is 4.68 Å². The van der Waals surface area contributed by atoms with E-state index in [0.29, 0.717) is 12.0 Å². The van der Waals surface area contributed by atoms with Crippen molar-refractivity contribution in [2.75, 3.05) is 6.54 Å². The highest BCUT2D eigenvalue weighted by molar-refractivity contribution is 6.31. The number of nitrogens with one attached hydrogen (secondary N) is 1. The number of benzene rings is 1. The Bertz CT molecular complexity index is 633. The number of halogens is 1. The lowest BCUT2D eigenvalue weighted by Crippen LogP contribution is -2.35. The fourth-order valence-electron chi connectivity index (χ4n) is 3.30. The van der Waals surface area contributed by atoms with Crippen LogP contribution in [0.1, 0.15) is 55.6 Å². The summed E-state index contributed by atoms with van der Waals surface area (Å²) in [6.45, 7) is 7.35. The molecule has 0 amide bonds. The van der Waals surface area contributed by atoms with Crippen molar-refractivity contribution in [3.63, 3.8) is 0 Å². The number of nitrogens with zero attached hydrogens (tertiary/aromatic N) is 2. The highest BCUT2D eigenvalue weighted by atomic mass is 35.5. The lowest BCUT2D eigenvalue weighted by molar-refractivity contribution is 0.378. The highest BCUT2D eigenvalue weighted by Crippen LogP contribution is 2.45. The van der Waals surface area contributed by atoms with Crippen LogP contribution >= 0.6 is 11.6 Å². The minimum atomic E-state index is 0.224. The van der Waals surface area contributed by atoms with Crippen LogP contribution in [-0.2, 0) is 6.42 Å². The van der Waals surface area contributed by atoms with Crippen molar-refractivity contribution >= 4 is 11.6 Å². The van der Waals surface area contributed by atoms with E-state index in [0.717, 1.165) is 23.7 Å². The van der Waals surface area contributed by atoms with E-state index in [1.165, 1.54) is 11.1 Å². The number of likely N-dealkylation sites (N-methyl/N-ethyl adjacent to an activating group) is 1. The predicted octanol–water partition coefficient (Wildman–Crippen LogP) is 4.11. The Morgan fingerprint density at radius 3 is 2.81 bits per heavy atom. The molecule has 1 heterocycles. The van der Waals surface area contributed by atoms with Gasteiger partial charge in [-0.15, -0.1) is 0 Å². The van der Waals surface area contributed by atoms with E-state index in [2.05, 4.69) is 60.1 Å². The van der Waals surface area contributed by atoms with Crippen molar-refractivity contribution in [1.82, 2.24) is 15.1 Å². The van der Waals surface area contributed by atoms with Crippen molar-refractivity contribution < 1.29 is 0 Å². The summed E-state index contributed by atoms with van der Waals surface area (Å²) in [4.78, 5) is 0. The number of hydrogen-bond acceptors (Lipinski definition) is 2. The van der Waals surface area contributed by atoms with Crippen LogP contribution in [0.2, 0.25) is 5.02 Å². The zero-order valence-corrected chi connectivity index (χ0v) is 13.6. The van der Waals surface area contributed by atoms with Gasteiger partial charge in [0.2, 0.25) is 0 Å². The molecule has 0 fully saturated rings. The van der Waals surface area contributed by atoms with Crippen LogP contribution in [-0.4, -0.2) is 16.3 Å². The fraction of sp³-hybridized carbons (Fsp3) is 0.471. The molecule has 1 aromatic carbocycles. The topological polar surface area (TPSA) is 29.9 Å². The maximum atomic E-state index is 6.45. The minimum Gasteiger partial charge on any atom is -0.308 e. The second kappa shape index (κ2) is 5.82. The van der Waals surface area contributed by atoms with Crippen LogP contribution in [0.3, 0.4) is 0 Å². The number of hydrogen-bond donors (Lipinski definition) is 1. The molecule has 4 heteroatoms. The van der Waals surface area contributed by atoms with Gasteiger partial charge >= 0.3 is 0 Å². The van der Waals surface area contributed by atoms with E-state index < -0.39 is 0 Å². The van der Waals surface area contributed by atoms with Gasteiger partial charge in [0, 0.05) is 12.0 Å². The number of fused-ring (bicyclic) bond motifs is 1. The Hall–Kier alpha value is -1.32. The van der Waals surface area contributed by atoms with Crippen LogP contribution in [0.5, 0.6) is 0 Å². The van der Waals surface area contributed by atoms with E-state index in [4.69, 9.17) is 11.6 Å². The predicted molar refractivity (Wildman–Crippen MR) is 86.9 cm³/mol. The molecule has 2 atom stereocenters. The van der Waals surface area contributed by atoms with Gasteiger partial charge in [-0.1, -0.05) is 42.8 Å². The van der Waals surface area contributed by atoms with E-state index in [1.807, 2.05) is 0 Å². The van der Waals surface area contributed by atoms with E-state index in [9.17, 15) is 0 Å². The maximum Gasteiger partial charge on any atom is 0.0834 e. The zero-order chi connectivity index (χ0) is 15.0. The molecule has 0 bridgehead atoms. The van der Waals surface area contributed by atoms with E-state index in [-0.39, 0.29) is 6.04 Å². The van der Waals surface area contributed by atoms with E-state index in [1.54, 1.807) is 6.20 Å². The SMILES string of the molecule is CCNC(c1c(Cl)cnn1C(C)C)C1Cc2ccccc21. The molecule has 21 heavy (non-hydrogen) atoms. The Balaban J connectivity index is 1.99. The summed E-state index contributed by atoms with van der Waals surface area (Å²) >= 11 is 6.45. The summed E-state index contributed by atoms with van der Waals surface area (Å²) in [5.41, 5.74) is 4.01. The fourth-order valence-corrected chi connectivity index (χ4v) is 3.55. The van der Waals surface area contributed by atoms with Gasteiger partial charge in [0.25, 0.3) is 0 Å². The summed E-state index contributed by atoms with van der Waals surface area (Å²) in [6, 6.07) is 9.22. The molecule has 2 unspecified atom stereocenters. The first kappa shape index (κ1) is 14.6. The number of rotatable bonds is 5. The van der Waals surface area contributed by atoms with Crippen LogP contribution in [0.4, 0.5) is 0 Å². The van der Waals surface area contributed by atoms with Gasteiger partial charge in [-0.25, -0.2) is 0 Å². The second-order valence-corrected chi connectivity index (χ2v) is 6.37. The summed E-state index contributed by atoms with van der Waals surface area (Å²) in [7, 11) is 0. The largest absolute Gasteiger partial charge is 0.308 e. The Morgan fingerprint density at radius 2 is 2.14 bits per heavy atom. The average molecular weight is 304 g/mol. The monoisotopic (exact) mass is 303 g/mol. The van der Waals surface area contributed by atoms with E-state index >= 15 is 0 Å². The Kier molecular flexibility index (Phi) is 4.05. The van der Waals surface area contributed by atoms with Gasteiger partial charge in [-0.2, -0.15) is 5.10 Å². The third-order valence-electron chi connectivity index (χ3n) is 4.29. The van der Waals surface area contributed by atoms with Crippen molar-refractivity contribution in [2.24, 2.45) is 0 Å². The first-order valence-corrected chi connectivity index (χ1v) is 8.05. The first-order valence-electron chi connectivity index (χ1n) is 7.67. The van der Waals surface area contributed by atoms with Crippen molar-refractivity contribution in [2.45, 2.75) is 45.2 Å². The second-order valence-electron chi connectivity index (χ2n) is 5.96. The molecule has 0 aliphatic heterocycles. The molecule has 1 N–H and O–H groups in total. The van der Waals surface area contributed by atoms with Gasteiger partial charge in [0.1, 0.15) is 0 Å². The molecule has 0 spiro atoms. The summed E-state index contributed by atoms with van der Waals surface area (Å²) < 4.78 is 2.05. The summed E-state index contributed by atoms with van der Waals surface area (Å²) in [5.74, 6) is 0.479. The standard InChI is InChI=1S/C17H22ClN3/c1-4-19-16(14-9-12-7-5-6-8-13(12)14)17-15(18)10-20-21(17)11(2)3/h5-8,10-11,14,16,19H,4,9H2,1-3H3. The molecule has 1 aromatic heterocycles. The third-order valence-corrected chi connectivity index (χ3v) is 4.58. The molecule has 0 saturated heterocycles. The van der Waals surface area contributed by atoms with Crippen LogP contribution in [0.25, 0.3) is 0 Å². The molecule has 0 saturated carbocycles. The van der Waals surface area contributed by atoms with Gasteiger partial charge in [0.05, 0.1) is 23.0 Å². The van der Waals surface area contributed by atoms with Crippen molar-refractivity contribution in [3.05, 3.63) is 52.3 Å². The molecule has 0 radical (unpaired) electrons. The Labute approximate surface area is 131 Å². The quantitative estimate of drug-likeness (QED) is 0.901. The normalized spacial score (nSPS) is 18.4. The summed E-state index contributed by atoms with van der Waals surface area (Å²) in [6.07, 6.45) is 2.87. The smallest absolute Gasteiger partial charge is 0.0834 e. The molecular formula is C17H22ClN3. The molecule has 3 nitrogen and oxygen atoms in total. The first-order chi connectivity index (χ1) is 10.1. The van der Waals surface area contributed by atoms with Crippen LogP contribution < -0.4 is 5.32 Å².